The van der Waals surface area contributed by atoms with Gasteiger partial charge in [0.2, 0.25) is 11.8 Å². The van der Waals surface area contributed by atoms with Gasteiger partial charge in [-0.2, -0.15) is 0 Å². The average Bonchev–Trinajstić information content (AvgIpc) is 3.20. The molecule has 0 bridgehead atoms. The van der Waals surface area contributed by atoms with E-state index in [4.69, 9.17) is 4.74 Å². The Kier molecular flexibility index (Phi) is 7.18. The molecule has 2 fully saturated rings. The molecule has 2 aliphatic heterocycles. The zero-order valence-electron chi connectivity index (χ0n) is 18.1. The third kappa shape index (κ3) is 4.68. The minimum atomic E-state index is -0.253. The Balaban J connectivity index is 1.69. The molecule has 8 nitrogen and oxygen atoms in total. The third-order valence-electron chi connectivity index (χ3n) is 5.91. The maximum absolute atomic E-state index is 12.9. The van der Waals surface area contributed by atoms with E-state index in [1.807, 2.05) is 13.8 Å². The molecule has 2 saturated heterocycles. The number of methoxy groups -OCH3 is 1. The lowest BCUT2D eigenvalue weighted by Gasteiger charge is -2.35. The van der Waals surface area contributed by atoms with Crippen LogP contribution in [0.5, 0.6) is 5.75 Å². The van der Waals surface area contributed by atoms with Crippen LogP contribution in [-0.4, -0.2) is 67.5 Å². The number of likely N-dealkylation sites (tertiary alicyclic amines) is 1. The Morgan fingerprint density at radius 1 is 1.20 bits per heavy atom. The van der Waals surface area contributed by atoms with Gasteiger partial charge in [0.05, 0.1) is 18.7 Å². The van der Waals surface area contributed by atoms with Gasteiger partial charge in [-0.25, -0.2) is 4.79 Å². The first-order chi connectivity index (χ1) is 14.5. The number of nitrogens with one attached hydrogen (secondary N) is 1. The summed E-state index contributed by atoms with van der Waals surface area (Å²) in [5.74, 6) is 0.319. The fourth-order valence-corrected chi connectivity index (χ4v) is 4.18. The van der Waals surface area contributed by atoms with Crippen LogP contribution in [-0.2, 0) is 9.59 Å². The molecule has 1 N–H and O–H groups in total. The minimum Gasteiger partial charge on any atom is -0.495 e. The summed E-state index contributed by atoms with van der Waals surface area (Å²) in [6, 6.07) is 5.34. The van der Waals surface area contributed by atoms with E-state index in [1.165, 1.54) is 0 Å². The number of rotatable bonds is 6. The number of ether oxygens (including phenoxy) is 1. The largest absolute Gasteiger partial charge is 0.495 e. The molecule has 0 aromatic heterocycles. The summed E-state index contributed by atoms with van der Waals surface area (Å²) in [5, 5.41) is 2.97. The van der Waals surface area contributed by atoms with Crippen molar-refractivity contribution in [3.8, 4) is 5.75 Å². The topological polar surface area (TPSA) is 82.2 Å². The Morgan fingerprint density at radius 2 is 1.97 bits per heavy atom. The SMILES string of the molecule is CCN(CC)C(=O)N1CCCC(C(=O)Nc2ccc(OC)c(N3CCCC3=O)c2)C1. The molecule has 0 aliphatic carbocycles. The first-order valence-corrected chi connectivity index (χ1v) is 10.8. The van der Waals surface area contributed by atoms with Crippen LogP contribution in [0.3, 0.4) is 0 Å². The Morgan fingerprint density at radius 3 is 2.60 bits per heavy atom. The number of carbonyl (C=O) groups is 3. The van der Waals surface area contributed by atoms with Crippen LogP contribution in [0.4, 0.5) is 16.2 Å². The number of hydrogen-bond donors (Lipinski definition) is 1. The fraction of sp³-hybridized carbons (Fsp3) is 0.591. The summed E-state index contributed by atoms with van der Waals surface area (Å²) in [5.41, 5.74) is 1.31. The monoisotopic (exact) mass is 416 g/mol. The zero-order valence-corrected chi connectivity index (χ0v) is 18.1. The maximum atomic E-state index is 12.9. The van der Waals surface area contributed by atoms with Crippen molar-refractivity contribution in [2.45, 2.75) is 39.5 Å². The summed E-state index contributed by atoms with van der Waals surface area (Å²) in [7, 11) is 1.57. The van der Waals surface area contributed by atoms with Crippen molar-refractivity contribution in [3.63, 3.8) is 0 Å². The normalized spacial score (nSPS) is 19.0. The zero-order chi connectivity index (χ0) is 21.7. The van der Waals surface area contributed by atoms with Crippen molar-refractivity contribution in [2.75, 3.05) is 50.1 Å². The van der Waals surface area contributed by atoms with Gasteiger partial charge in [-0.1, -0.05) is 0 Å². The first-order valence-electron chi connectivity index (χ1n) is 10.8. The van der Waals surface area contributed by atoms with E-state index in [2.05, 4.69) is 5.32 Å². The van der Waals surface area contributed by atoms with Crippen molar-refractivity contribution in [1.29, 1.82) is 0 Å². The van der Waals surface area contributed by atoms with Gasteiger partial charge in [0.25, 0.3) is 0 Å². The van der Waals surface area contributed by atoms with E-state index < -0.39 is 0 Å². The van der Waals surface area contributed by atoms with Crippen LogP contribution >= 0.6 is 0 Å². The molecule has 2 heterocycles. The lowest BCUT2D eigenvalue weighted by molar-refractivity contribution is -0.121. The maximum Gasteiger partial charge on any atom is 0.320 e. The molecular weight excluding hydrogens is 384 g/mol. The molecule has 0 radical (unpaired) electrons. The standard InChI is InChI=1S/C22H32N4O4/c1-4-24(5-2)22(29)25-12-6-8-16(15-25)21(28)23-17-10-11-19(30-3)18(14-17)26-13-7-9-20(26)27/h10-11,14,16H,4-9,12-13,15H2,1-3H3,(H,23,28). The molecule has 164 valence electrons. The molecule has 0 saturated carbocycles. The van der Waals surface area contributed by atoms with Crippen molar-refractivity contribution in [2.24, 2.45) is 5.92 Å². The molecule has 2 aliphatic rings. The third-order valence-corrected chi connectivity index (χ3v) is 5.91. The van der Waals surface area contributed by atoms with Crippen LogP contribution < -0.4 is 15.0 Å². The average molecular weight is 417 g/mol. The minimum absolute atomic E-state index is 0.00298. The summed E-state index contributed by atoms with van der Waals surface area (Å²) in [4.78, 5) is 43.0. The molecule has 1 aromatic carbocycles. The number of benzene rings is 1. The van der Waals surface area contributed by atoms with E-state index in [0.29, 0.717) is 56.3 Å². The van der Waals surface area contributed by atoms with Gasteiger partial charge in [-0.15, -0.1) is 0 Å². The van der Waals surface area contributed by atoms with Crippen LogP contribution in [0.1, 0.15) is 39.5 Å². The highest BCUT2D eigenvalue weighted by Gasteiger charge is 2.30. The second kappa shape index (κ2) is 9.82. The highest BCUT2D eigenvalue weighted by Crippen LogP contribution is 2.34. The molecule has 4 amide bonds. The number of hydrogen-bond acceptors (Lipinski definition) is 4. The van der Waals surface area contributed by atoms with Crippen LogP contribution in [0.25, 0.3) is 0 Å². The lowest BCUT2D eigenvalue weighted by Crippen LogP contribution is -2.49. The number of urea groups is 1. The van der Waals surface area contributed by atoms with Gasteiger partial charge in [0.15, 0.2) is 0 Å². The summed E-state index contributed by atoms with van der Waals surface area (Å²) in [6.45, 7) is 7.00. The second-order valence-electron chi connectivity index (χ2n) is 7.76. The molecule has 1 unspecified atom stereocenters. The van der Waals surface area contributed by atoms with Gasteiger partial charge in [0, 0.05) is 44.8 Å². The quantitative estimate of drug-likeness (QED) is 0.773. The van der Waals surface area contributed by atoms with Crippen LogP contribution in [0.15, 0.2) is 18.2 Å². The molecule has 0 spiro atoms. The van der Waals surface area contributed by atoms with Gasteiger partial charge < -0.3 is 24.8 Å². The van der Waals surface area contributed by atoms with Crippen molar-refractivity contribution >= 4 is 29.2 Å². The molecule has 1 atom stereocenters. The van der Waals surface area contributed by atoms with E-state index in [0.717, 1.165) is 19.3 Å². The van der Waals surface area contributed by atoms with Crippen LogP contribution in [0, 0.1) is 5.92 Å². The van der Waals surface area contributed by atoms with Gasteiger partial charge >= 0.3 is 6.03 Å². The molecular formula is C22H32N4O4. The highest BCUT2D eigenvalue weighted by atomic mass is 16.5. The molecule has 8 heteroatoms. The van der Waals surface area contributed by atoms with Crippen molar-refractivity contribution < 1.29 is 19.1 Å². The van der Waals surface area contributed by atoms with Gasteiger partial charge in [-0.3, -0.25) is 9.59 Å². The fourth-order valence-electron chi connectivity index (χ4n) is 4.18. The number of carbonyl (C=O) groups excluding carboxylic acids is 3. The smallest absolute Gasteiger partial charge is 0.320 e. The number of amides is 4. The molecule has 30 heavy (non-hydrogen) atoms. The summed E-state index contributed by atoms with van der Waals surface area (Å²) < 4.78 is 5.41. The van der Waals surface area contributed by atoms with Crippen LogP contribution in [0.2, 0.25) is 0 Å². The molecule has 1 aromatic rings. The first kappa shape index (κ1) is 21.9. The van der Waals surface area contributed by atoms with E-state index in [-0.39, 0.29) is 23.8 Å². The van der Waals surface area contributed by atoms with E-state index in [1.54, 1.807) is 40.0 Å². The Bertz CT molecular complexity index is 793. The summed E-state index contributed by atoms with van der Waals surface area (Å²) >= 11 is 0. The highest BCUT2D eigenvalue weighted by molar-refractivity contribution is 5.99. The second-order valence-corrected chi connectivity index (χ2v) is 7.76. The van der Waals surface area contributed by atoms with Gasteiger partial charge in [0.1, 0.15) is 5.75 Å². The number of nitrogens with zero attached hydrogens (tertiary/aromatic N) is 3. The Labute approximate surface area is 178 Å². The van der Waals surface area contributed by atoms with Gasteiger partial charge in [-0.05, 0) is 51.3 Å². The van der Waals surface area contributed by atoms with E-state index in [9.17, 15) is 14.4 Å². The predicted octanol–water partition coefficient (Wildman–Crippen LogP) is 2.93. The lowest BCUT2D eigenvalue weighted by atomic mass is 9.97. The predicted molar refractivity (Wildman–Crippen MR) is 116 cm³/mol. The van der Waals surface area contributed by atoms with E-state index >= 15 is 0 Å². The van der Waals surface area contributed by atoms with Crippen molar-refractivity contribution in [3.05, 3.63) is 18.2 Å². The summed E-state index contributed by atoms with van der Waals surface area (Å²) in [6.07, 6.45) is 2.90. The number of piperidine rings is 1. The molecule has 3 rings (SSSR count). The van der Waals surface area contributed by atoms with Crippen molar-refractivity contribution in [1.82, 2.24) is 9.80 Å². The Hall–Kier alpha value is -2.77. The number of anilines is 2.